The van der Waals surface area contributed by atoms with E-state index < -0.39 is 0 Å². The monoisotopic (exact) mass is 248 g/mol. The Morgan fingerprint density at radius 1 is 1.44 bits per heavy atom. The zero-order valence-corrected chi connectivity index (χ0v) is 10.8. The molecule has 0 saturated heterocycles. The first kappa shape index (κ1) is 11.6. The number of carbonyl (C=O) groups excluding carboxylic acids is 1. The minimum absolute atomic E-state index is 0.0331. The van der Waals surface area contributed by atoms with Crippen LogP contribution in [0.2, 0.25) is 0 Å². The van der Waals surface area contributed by atoms with Gasteiger partial charge in [0, 0.05) is 24.8 Å². The molecule has 1 aromatic heterocycles. The second kappa shape index (κ2) is 4.30. The van der Waals surface area contributed by atoms with Gasteiger partial charge in [0.1, 0.15) is 5.69 Å². The standard InChI is InChI=1S/C13H20N4O/c1-13(5-2-3-6-13)16-11(18)10-9-17-8-4-7-14-12(17)15-10/h9H,2-8H2,1H3,(H,14,15)(H,16,18). The Balaban J connectivity index is 1.74. The normalized spacial score (nSPS) is 21.2. The van der Waals surface area contributed by atoms with Gasteiger partial charge in [-0.25, -0.2) is 4.98 Å². The second-order valence-electron chi connectivity index (χ2n) is 5.65. The summed E-state index contributed by atoms with van der Waals surface area (Å²) in [6.07, 6.45) is 7.50. The molecule has 98 valence electrons. The number of anilines is 1. The van der Waals surface area contributed by atoms with Crippen LogP contribution in [-0.2, 0) is 6.54 Å². The number of hydrogen-bond acceptors (Lipinski definition) is 3. The summed E-state index contributed by atoms with van der Waals surface area (Å²) in [4.78, 5) is 16.6. The van der Waals surface area contributed by atoms with E-state index in [2.05, 4.69) is 22.5 Å². The van der Waals surface area contributed by atoms with Gasteiger partial charge in [0.25, 0.3) is 5.91 Å². The molecule has 1 fully saturated rings. The molecule has 18 heavy (non-hydrogen) atoms. The molecular weight excluding hydrogens is 228 g/mol. The maximum absolute atomic E-state index is 12.2. The van der Waals surface area contributed by atoms with E-state index in [1.807, 2.05) is 10.8 Å². The zero-order chi connectivity index (χ0) is 12.6. The molecule has 0 unspecified atom stereocenters. The molecule has 2 heterocycles. The van der Waals surface area contributed by atoms with Crippen LogP contribution in [0.4, 0.5) is 5.95 Å². The summed E-state index contributed by atoms with van der Waals surface area (Å²) in [5.74, 6) is 0.783. The molecule has 5 heteroatoms. The summed E-state index contributed by atoms with van der Waals surface area (Å²) in [6.45, 7) is 4.02. The molecule has 0 aromatic carbocycles. The number of carbonyl (C=O) groups is 1. The SMILES string of the molecule is CC1(NC(=O)c2cn3c(n2)NCCC3)CCCC1. The molecule has 1 saturated carbocycles. The first-order valence-electron chi connectivity index (χ1n) is 6.80. The van der Waals surface area contributed by atoms with Crippen LogP contribution in [0.3, 0.4) is 0 Å². The fraction of sp³-hybridized carbons (Fsp3) is 0.692. The molecule has 1 amide bonds. The Morgan fingerprint density at radius 3 is 2.94 bits per heavy atom. The third kappa shape index (κ3) is 2.09. The molecule has 0 spiro atoms. The number of aryl methyl sites for hydroxylation is 1. The maximum atomic E-state index is 12.2. The molecule has 3 rings (SSSR count). The average Bonchev–Trinajstić information content (AvgIpc) is 2.95. The Morgan fingerprint density at radius 2 is 2.22 bits per heavy atom. The Bertz CT molecular complexity index is 436. The quantitative estimate of drug-likeness (QED) is 0.838. The highest BCUT2D eigenvalue weighted by Gasteiger charge is 2.31. The van der Waals surface area contributed by atoms with Gasteiger partial charge in [0.15, 0.2) is 0 Å². The van der Waals surface area contributed by atoms with Crippen molar-refractivity contribution in [1.29, 1.82) is 0 Å². The molecule has 0 atom stereocenters. The van der Waals surface area contributed by atoms with E-state index in [0.717, 1.165) is 38.3 Å². The van der Waals surface area contributed by atoms with Gasteiger partial charge in [0.2, 0.25) is 5.95 Å². The van der Waals surface area contributed by atoms with Gasteiger partial charge in [-0.1, -0.05) is 12.8 Å². The van der Waals surface area contributed by atoms with Gasteiger partial charge < -0.3 is 15.2 Å². The first-order chi connectivity index (χ1) is 8.66. The predicted molar refractivity (Wildman–Crippen MR) is 69.7 cm³/mol. The Hall–Kier alpha value is -1.52. The van der Waals surface area contributed by atoms with Crippen LogP contribution in [0.15, 0.2) is 6.20 Å². The number of nitrogens with one attached hydrogen (secondary N) is 2. The number of imidazole rings is 1. The predicted octanol–water partition coefficient (Wildman–Crippen LogP) is 1.76. The van der Waals surface area contributed by atoms with Gasteiger partial charge in [-0.15, -0.1) is 0 Å². The number of fused-ring (bicyclic) bond motifs is 1. The lowest BCUT2D eigenvalue weighted by atomic mass is 10.0. The molecule has 2 N–H and O–H groups in total. The molecule has 1 aliphatic heterocycles. The van der Waals surface area contributed by atoms with Crippen molar-refractivity contribution in [2.45, 2.75) is 51.1 Å². The molecule has 2 aliphatic rings. The van der Waals surface area contributed by atoms with Crippen molar-refractivity contribution < 1.29 is 4.79 Å². The smallest absolute Gasteiger partial charge is 0.271 e. The van der Waals surface area contributed by atoms with Crippen molar-refractivity contribution in [3.8, 4) is 0 Å². The summed E-state index contributed by atoms with van der Waals surface area (Å²) in [6, 6.07) is 0. The summed E-state index contributed by atoms with van der Waals surface area (Å²) < 4.78 is 2.02. The Labute approximate surface area is 107 Å². The average molecular weight is 248 g/mol. The third-order valence-corrected chi connectivity index (χ3v) is 3.99. The van der Waals surface area contributed by atoms with E-state index in [1.54, 1.807) is 0 Å². The van der Waals surface area contributed by atoms with E-state index in [0.29, 0.717) is 5.69 Å². The molecule has 0 bridgehead atoms. The van der Waals surface area contributed by atoms with Crippen molar-refractivity contribution in [3.05, 3.63) is 11.9 Å². The van der Waals surface area contributed by atoms with Crippen LogP contribution in [0.5, 0.6) is 0 Å². The summed E-state index contributed by atoms with van der Waals surface area (Å²) in [7, 11) is 0. The van der Waals surface area contributed by atoms with Gasteiger partial charge in [-0.2, -0.15) is 0 Å². The fourth-order valence-electron chi connectivity index (χ4n) is 2.90. The van der Waals surface area contributed by atoms with Crippen LogP contribution >= 0.6 is 0 Å². The first-order valence-corrected chi connectivity index (χ1v) is 6.80. The third-order valence-electron chi connectivity index (χ3n) is 3.99. The molecule has 1 aromatic rings. The number of aromatic nitrogens is 2. The van der Waals surface area contributed by atoms with E-state index in [-0.39, 0.29) is 11.4 Å². The summed E-state index contributed by atoms with van der Waals surface area (Å²) in [5.41, 5.74) is 0.502. The van der Waals surface area contributed by atoms with Crippen LogP contribution < -0.4 is 10.6 Å². The second-order valence-corrected chi connectivity index (χ2v) is 5.65. The Kier molecular flexibility index (Phi) is 2.76. The lowest BCUT2D eigenvalue weighted by Gasteiger charge is -2.24. The largest absolute Gasteiger partial charge is 0.356 e. The van der Waals surface area contributed by atoms with Gasteiger partial charge >= 0.3 is 0 Å². The number of hydrogen-bond donors (Lipinski definition) is 2. The minimum atomic E-state index is -0.0388. The lowest BCUT2D eigenvalue weighted by molar-refractivity contribution is 0.0903. The van der Waals surface area contributed by atoms with Crippen LogP contribution in [-0.4, -0.2) is 27.5 Å². The highest BCUT2D eigenvalue weighted by atomic mass is 16.2. The van der Waals surface area contributed by atoms with Crippen LogP contribution in [0.1, 0.15) is 49.5 Å². The minimum Gasteiger partial charge on any atom is -0.356 e. The summed E-state index contributed by atoms with van der Waals surface area (Å²) >= 11 is 0. The number of nitrogens with zero attached hydrogens (tertiary/aromatic N) is 2. The van der Waals surface area contributed by atoms with Gasteiger partial charge in [-0.3, -0.25) is 4.79 Å². The molecule has 1 aliphatic carbocycles. The molecular formula is C13H20N4O. The highest BCUT2D eigenvalue weighted by molar-refractivity contribution is 5.93. The van der Waals surface area contributed by atoms with Crippen LogP contribution in [0.25, 0.3) is 0 Å². The van der Waals surface area contributed by atoms with E-state index in [4.69, 9.17) is 0 Å². The van der Waals surface area contributed by atoms with Crippen molar-refractivity contribution in [2.75, 3.05) is 11.9 Å². The van der Waals surface area contributed by atoms with Crippen molar-refractivity contribution >= 4 is 11.9 Å². The zero-order valence-electron chi connectivity index (χ0n) is 10.8. The van der Waals surface area contributed by atoms with Crippen LogP contribution in [0, 0.1) is 0 Å². The topological polar surface area (TPSA) is 59.0 Å². The molecule has 0 radical (unpaired) electrons. The van der Waals surface area contributed by atoms with Gasteiger partial charge in [0.05, 0.1) is 0 Å². The van der Waals surface area contributed by atoms with Crippen molar-refractivity contribution in [1.82, 2.24) is 14.9 Å². The maximum Gasteiger partial charge on any atom is 0.271 e. The number of amides is 1. The van der Waals surface area contributed by atoms with Crippen molar-refractivity contribution in [3.63, 3.8) is 0 Å². The number of rotatable bonds is 2. The highest BCUT2D eigenvalue weighted by Crippen LogP contribution is 2.29. The van der Waals surface area contributed by atoms with E-state index in [1.165, 1.54) is 12.8 Å². The summed E-state index contributed by atoms with van der Waals surface area (Å²) in [5, 5.41) is 6.35. The van der Waals surface area contributed by atoms with E-state index in [9.17, 15) is 4.79 Å². The van der Waals surface area contributed by atoms with Gasteiger partial charge in [-0.05, 0) is 26.2 Å². The molecule has 5 nitrogen and oxygen atoms in total. The lowest BCUT2D eigenvalue weighted by Crippen LogP contribution is -2.43. The van der Waals surface area contributed by atoms with Crippen molar-refractivity contribution in [2.24, 2.45) is 0 Å². The van der Waals surface area contributed by atoms with E-state index >= 15 is 0 Å². The fourth-order valence-corrected chi connectivity index (χ4v) is 2.90.